The predicted molar refractivity (Wildman–Crippen MR) is 78.7 cm³/mol. The molecule has 8 nitrogen and oxygen atoms in total. The van der Waals surface area contributed by atoms with Crippen LogP contribution in [0.4, 0.5) is 0 Å². The Morgan fingerprint density at radius 2 is 1.87 bits per heavy atom. The topological polar surface area (TPSA) is 94.2 Å². The van der Waals surface area contributed by atoms with E-state index in [4.69, 9.17) is 14.2 Å². The van der Waals surface area contributed by atoms with E-state index in [1.54, 1.807) is 13.8 Å². The highest BCUT2D eigenvalue weighted by Gasteiger charge is 2.72. The van der Waals surface area contributed by atoms with Crippen molar-refractivity contribution in [1.29, 1.82) is 0 Å². The molecule has 1 amide bonds. The summed E-state index contributed by atoms with van der Waals surface area (Å²) in [6.45, 7) is 4.80. The molecule has 1 N–H and O–H groups in total. The fourth-order valence-electron chi connectivity index (χ4n) is 3.73. The van der Waals surface area contributed by atoms with E-state index in [2.05, 4.69) is 5.43 Å². The maximum atomic E-state index is 12.7. The fraction of sp³-hybridized carbons (Fsp3) is 0.800. The quantitative estimate of drug-likeness (QED) is 0.745. The molecule has 0 radical (unpaired) electrons. The molecule has 2 rings (SSSR count). The van der Waals surface area contributed by atoms with Gasteiger partial charge in [0.05, 0.1) is 19.1 Å². The second-order valence-corrected chi connectivity index (χ2v) is 6.23. The van der Waals surface area contributed by atoms with E-state index < -0.39 is 35.0 Å². The fourth-order valence-corrected chi connectivity index (χ4v) is 3.73. The lowest BCUT2D eigenvalue weighted by Crippen LogP contribution is -2.60. The highest BCUT2D eigenvalue weighted by molar-refractivity contribution is 5.92. The standard InChI is InChI=1S/C15H24N2O6/c1-9(2)23-12(19)14-8-6-7-11(14)15(22-5,13(20)21-4)17(16-14)10(3)18/h9,11,16H,6-8H2,1-5H3/t11-,14+,15+/m0/s1. The summed E-state index contributed by atoms with van der Waals surface area (Å²) in [6, 6.07) is 0. The minimum Gasteiger partial charge on any atom is -0.465 e. The predicted octanol–water partition coefficient (Wildman–Crippen LogP) is 0.359. The van der Waals surface area contributed by atoms with Gasteiger partial charge in [-0.2, -0.15) is 0 Å². The van der Waals surface area contributed by atoms with Crippen LogP contribution in [-0.4, -0.2) is 54.4 Å². The minimum absolute atomic E-state index is 0.304. The van der Waals surface area contributed by atoms with Gasteiger partial charge in [-0.15, -0.1) is 0 Å². The average Bonchev–Trinajstić information content (AvgIpc) is 3.02. The first-order valence-electron chi connectivity index (χ1n) is 7.69. The third-order valence-electron chi connectivity index (χ3n) is 4.59. The SMILES string of the molecule is COC(=O)[C@]1(OC)[C@H]2CCC[C@@]2(C(=O)OC(C)C)NN1C(C)=O. The summed E-state index contributed by atoms with van der Waals surface area (Å²) in [5.74, 6) is -2.22. The summed E-state index contributed by atoms with van der Waals surface area (Å²) in [6.07, 6.45) is 1.39. The summed E-state index contributed by atoms with van der Waals surface area (Å²) < 4.78 is 15.7. The Labute approximate surface area is 135 Å². The number of carbonyl (C=O) groups excluding carboxylic acids is 3. The Bertz CT molecular complexity index is 522. The molecule has 0 aromatic carbocycles. The normalized spacial score (nSPS) is 32.8. The van der Waals surface area contributed by atoms with Crippen molar-refractivity contribution in [2.45, 2.75) is 57.4 Å². The molecule has 23 heavy (non-hydrogen) atoms. The Balaban J connectivity index is 2.53. The second-order valence-electron chi connectivity index (χ2n) is 6.23. The summed E-state index contributed by atoms with van der Waals surface area (Å²) in [4.78, 5) is 37.3. The number of methoxy groups -OCH3 is 2. The first kappa shape index (κ1) is 17.7. The van der Waals surface area contributed by atoms with Gasteiger partial charge in [-0.05, 0) is 26.7 Å². The molecule has 0 unspecified atom stereocenters. The first-order valence-corrected chi connectivity index (χ1v) is 7.69. The molecule has 2 fully saturated rings. The molecule has 1 aliphatic carbocycles. The minimum atomic E-state index is -1.67. The van der Waals surface area contributed by atoms with E-state index in [1.807, 2.05) is 0 Å². The molecule has 1 saturated carbocycles. The van der Waals surface area contributed by atoms with Gasteiger partial charge >= 0.3 is 11.9 Å². The molecular weight excluding hydrogens is 304 g/mol. The van der Waals surface area contributed by atoms with Gasteiger partial charge in [-0.3, -0.25) is 4.79 Å². The second kappa shape index (κ2) is 6.09. The molecule has 0 aromatic rings. The smallest absolute Gasteiger partial charge is 0.361 e. The van der Waals surface area contributed by atoms with Gasteiger partial charge in [0.1, 0.15) is 5.54 Å². The zero-order valence-corrected chi connectivity index (χ0v) is 14.2. The van der Waals surface area contributed by atoms with Crippen molar-refractivity contribution >= 4 is 17.8 Å². The van der Waals surface area contributed by atoms with Crippen LogP contribution in [0, 0.1) is 5.92 Å². The van der Waals surface area contributed by atoms with Crippen molar-refractivity contribution in [3.8, 4) is 0 Å². The molecule has 0 bridgehead atoms. The maximum absolute atomic E-state index is 12.7. The zero-order valence-electron chi connectivity index (χ0n) is 14.2. The van der Waals surface area contributed by atoms with Crippen LogP contribution in [0.1, 0.15) is 40.0 Å². The van der Waals surface area contributed by atoms with Gasteiger partial charge < -0.3 is 14.2 Å². The van der Waals surface area contributed by atoms with E-state index in [0.29, 0.717) is 19.3 Å². The molecular formula is C15H24N2O6. The zero-order chi connectivity index (χ0) is 17.4. The largest absolute Gasteiger partial charge is 0.465 e. The number of hydrogen-bond donors (Lipinski definition) is 1. The van der Waals surface area contributed by atoms with E-state index >= 15 is 0 Å². The van der Waals surface area contributed by atoms with Crippen molar-refractivity contribution in [2.24, 2.45) is 5.92 Å². The molecule has 130 valence electrons. The highest BCUT2D eigenvalue weighted by Crippen LogP contribution is 2.51. The number of hydrogen-bond acceptors (Lipinski definition) is 7. The first-order chi connectivity index (χ1) is 10.8. The van der Waals surface area contributed by atoms with E-state index in [0.717, 1.165) is 5.01 Å². The van der Waals surface area contributed by atoms with Gasteiger partial charge in [-0.25, -0.2) is 20.0 Å². The Hall–Kier alpha value is -1.67. The summed E-state index contributed by atoms with van der Waals surface area (Å²) in [5.41, 5.74) is 0.0714. The third-order valence-corrected chi connectivity index (χ3v) is 4.59. The van der Waals surface area contributed by atoms with Crippen LogP contribution in [0.15, 0.2) is 0 Å². The lowest BCUT2D eigenvalue weighted by Gasteiger charge is -2.35. The number of nitrogens with zero attached hydrogens (tertiary/aromatic N) is 1. The van der Waals surface area contributed by atoms with Crippen LogP contribution in [0.25, 0.3) is 0 Å². The number of amides is 1. The molecule has 0 spiro atoms. The number of ether oxygens (including phenoxy) is 3. The summed E-state index contributed by atoms with van der Waals surface area (Å²) in [5, 5.41) is 1.07. The van der Waals surface area contributed by atoms with E-state index in [9.17, 15) is 14.4 Å². The van der Waals surface area contributed by atoms with Crippen LogP contribution in [-0.2, 0) is 28.6 Å². The molecule has 0 aromatic heterocycles. The van der Waals surface area contributed by atoms with Gasteiger partial charge in [-0.1, -0.05) is 6.42 Å². The van der Waals surface area contributed by atoms with Crippen molar-refractivity contribution in [3.05, 3.63) is 0 Å². The molecule has 1 heterocycles. The van der Waals surface area contributed by atoms with Gasteiger partial charge in [0, 0.05) is 14.0 Å². The number of nitrogens with one attached hydrogen (secondary N) is 1. The van der Waals surface area contributed by atoms with Crippen molar-refractivity contribution in [2.75, 3.05) is 14.2 Å². The summed E-state index contributed by atoms with van der Waals surface area (Å²) >= 11 is 0. The van der Waals surface area contributed by atoms with Crippen molar-refractivity contribution in [1.82, 2.24) is 10.4 Å². The number of esters is 2. The van der Waals surface area contributed by atoms with Crippen molar-refractivity contribution in [3.63, 3.8) is 0 Å². The Kier molecular flexibility index (Phi) is 4.68. The van der Waals surface area contributed by atoms with Crippen molar-refractivity contribution < 1.29 is 28.6 Å². The lowest BCUT2D eigenvalue weighted by molar-refractivity contribution is -0.203. The van der Waals surface area contributed by atoms with Crippen LogP contribution < -0.4 is 5.43 Å². The van der Waals surface area contributed by atoms with Crippen LogP contribution in [0.2, 0.25) is 0 Å². The summed E-state index contributed by atoms with van der Waals surface area (Å²) in [7, 11) is 2.56. The Morgan fingerprint density at radius 1 is 1.22 bits per heavy atom. The lowest BCUT2D eigenvalue weighted by atomic mass is 9.81. The Morgan fingerprint density at radius 3 is 2.35 bits per heavy atom. The van der Waals surface area contributed by atoms with E-state index in [-0.39, 0.29) is 6.10 Å². The molecule has 8 heteroatoms. The maximum Gasteiger partial charge on any atom is 0.361 e. The average molecular weight is 328 g/mol. The van der Waals surface area contributed by atoms with Gasteiger partial charge in [0.25, 0.3) is 5.72 Å². The number of rotatable bonds is 4. The van der Waals surface area contributed by atoms with Crippen LogP contribution in [0.3, 0.4) is 0 Å². The molecule has 3 atom stereocenters. The number of fused-ring (bicyclic) bond motifs is 1. The third kappa shape index (κ3) is 2.40. The van der Waals surface area contributed by atoms with E-state index in [1.165, 1.54) is 21.1 Å². The van der Waals surface area contributed by atoms with Gasteiger partial charge in [0.15, 0.2) is 0 Å². The molecule has 1 saturated heterocycles. The highest BCUT2D eigenvalue weighted by atomic mass is 16.6. The molecule has 2 aliphatic rings. The van der Waals surface area contributed by atoms with Crippen LogP contribution >= 0.6 is 0 Å². The monoisotopic (exact) mass is 328 g/mol. The van der Waals surface area contributed by atoms with Crippen LogP contribution in [0.5, 0.6) is 0 Å². The van der Waals surface area contributed by atoms with Gasteiger partial charge in [0.2, 0.25) is 5.91 Å². The number of hydrazine groups is 1. The molecule has 1 aliphatic heterocycles. The number of carbonyl (C=O) groups is 3.